The van der Waals surface area contributed by atoms with Crippen LogP contribution in [-0.4, -0.2) is 22.7 Å². The van der Waals surface area contributed by atoms with Gasteiger partial charge in [0.25, 0.3) is 0 Å². The van der Waals surface area contributed by atoms with E-state index in [9.17, 15) is 0 Å². The summed E-state index contributed by atoms with van der Waals surface area (Å²) < 4.78 is 0. The molecule has 0 N–H and O–H groups in total. The summed E-state index contributed by atoms with van der Waals surface area (Å²) in [7, 11) is 0. The monoisotopic (exact) mass is 547 g/mol. The molecule has 0 amide bonds. The highest BCUT2D eigenvalue weighted by molar-refractivity contribution is 4.91. The molecule has 0 aliphatic carbocycles. The van der Waals surface area contributed by atoms with Crippen LogP contribution in [0.25, 0.3) is 0 Å². The first-order chi connectivity index (χ1) is 17.8. The Labute approximate surface area is 240 Å². The van der Waals surface area contributed by atoms with Crippen molar-refractivity contribution in [3.05, 3.63) is 0 Å². The number of rotatable bonds is 13. The fourth-order valence-corrected chi connectivity index (χ4v) is 4.14. The van der Waals surface area contributed by atoms with Crippen molar-refractivity contribution in [2.45, 2.75) is 177 Å². The maximum Gasteiger partial charge on any atom is 0.188 e. The average Bonchev–Trinajstić information content (AvgIpc) is 3.60. The van der Waals surface area contributed by atoms with E-state index < -0.39 is 0 Å². The van der Waals surface area contributed by atoms with Gasteiger partial charge in [0.15, 0.2) is 22.7 Å². The van der Waals surface area contributed by atoms with Crippen LogP contribution in [0.1, 0.15) is 154 Å². The molecule has 0 bridgehead atoms. The summed E-state index contributed by atoms with van der Waals surface area (Å²) in [6.07, 6.45) is 12.3. The van der Waals surface area contributed by atoms with Crippen molar-refractivity contribution in [3.63, 3.8) is 0 Å². The number of nitrogens with zero attached hydrogens (tertiary/aromatic N) is 8. The van der Waals surface area contributed by atoms with Gasteiger partial charge >= 0.3 is 0 Å². The molecule has 4 rings (SSSR count). The molecule has 4 aliphatic heterocycles. The van der Waals surface area contributed by atoms with Gasteiger partial charge in [-0.2, -0.15) is 40.9 Å². The Kier molecular flexibility index (Phi) is 13.5. The zero-order valence-electron chi connectivity index (χ0n) is 27.9. The number of hydrogen-bond donors (Lipinski definition) is 0. The second-order valence-corrected chi connectivity index (χ2v) is 15.3. The van der Waals surface area contributed by atoms with E-state index in [2.05, 4.69) is 131 Å². The lowest BCUT2D eigenvalue weighted by Gasteiger charge is -2.19. The Balaban J connectivity index is 0.000000261. The van der Waals surface area contributed by atoms with E-state index in [1.807, 2.05) is 0 Å². The predicted molar refractivity (Wildman–Crippen MR) is 163 cm³/mol. The number of hydrogen-bond acceptors (Lipinski definition) is 8. The van der Waals surface area contributed by atoms with Crippen LogP contribution >= 0.6 is 0 Å². The third-order valence-electron chi connectivity index (χ3n) is 6.94. The van der Waals surface area contributed by atoms with Crippen LogP contribution < -0.4 is 0 Å². The Morgan fingerprint density at radius 1 is 0.436 bits per heavy atom. The summed E-state index contributed by atoms with van der Waals surface area (Å²) >= 11 is 0. The fraction of sp³-hybridized carbons (Fsp3) is 1.00. The zero-order valence-corrected chi connectivity index (χ0v) is 27.9. The Bertz CT molecular complexity index is 805. The lowest BCUT2D eigenvalue weighted by atomic mass is 9.87. The molecule has 0 radical (unpaired) electrons. The summed E-state index contributed by atoms with van der Waals surface area (Å²) in [4.78, 5) is 0. The lowest BCUT2D eigenvalue weighted by Crippen LogP contribution is -2.16. The molecule has 0 fully saturated rings. The molecule has 0 spiro atoms. The van der Waals surface area contributed by atoms with Gasteiger partial charge in [-0.3, -0.25) is 0 Å². The molecule has 0 saturated heterocycles. The van der Waals surface area contributed by atoms with Gasteiger partial charge in [0.2, 0.25) is 0 Å². The van der Waals surface area contributed by atoms with Crippen LogP contribution in [0.5, 0.6) is 0 Å². The van der Waals surface area contributed by atoms with Crippen LogP contribution in [0.2, 0.25) is 0 Å². The minimum absolute atomic E-state index is 0.0156. The second kappa shape index (κ2) is 14.9. The summed E-state index contributed by atoms with van der Waals surface area (Å²) in [5, 5.41) is 31.6. The van der Waals surface area contributed by atoms with Crippen molar-refractivity contribution in [3.8, 4) is 0 Å². The highest BCUT2D eigenvalue weighted by Gasteiger charge is 2.38. The van der Waals surface area contributed by atoms with Crippen LogP contribution in [0.15, 0.2) is 40.9 Å². The zero-order chi connectivity index (χ0) is 30.0. The van der Waals surface area contributed by atoms with Crippen molar-refractivity contribution >= 4 is 0 Å². The molecule has 0 saturated carbocycles. The van der Waals surface area contributed by atoms with Crippen LogP contribution in [0, 0.1) is 23.2 Å². The first-order valence-electron chi connectivity index (χ1n) is 15.5. The topological polar surface area (TPSA) is 98.9 Å². The molecular formula is C31H62N8. The third-order valence-corrected chi connectivity index (χ3v) is 6.94. The van der Waals surface area contributed by atoms with E-state index >= 15 is 0 Å². The third kappa shape index (κ3) is 20.9. The molecule has 0 aromatic rings. The van der Waals surface area contributed by atoms with E-state index in [4.69, 9.17) is 0 Å². The minimum Gasteiger partial charge on any atom is -0.159 e. The van der Waals surface area contributed by atoms with Crippen LogP contribution in [-0.2, 0) is 0 Å². The molecule has 0 aromatic heterocycles. The first-order valence-corrected chi connectivity index (χ1v) is 15.5. The first kappa shape index (κ1) is 35.4. The van der Waals surface area contributed by atoms with E-state index in [-0.39, 0.29) is 22.7 Å². The molecule has 8 nitrogen and oxygen atoms in total. The van der Waals surface area contributed by atoms with Crippen molar-refractivity contribution in [2.75, 3.05) is 0 Å². The van der Waals surface area contributed by atoms with Crippen molar-refractivity contribution < 1.29 is 0 Å². The maximum atomic E-state index is 3.98. The van der Waals surface area contributed by atoms with Crippen LogP contribution in [0.4, 0.5) is 0 Å². The summed E-state index contributed by atoms with van der Waals surface area (Å²) in [6.45, 7) is 28.5. The van der Waals surface area contributed by atoms with Gasteiger partial charge in [-0.25, -0.2) is 0 Å². The summed E-state index contributed by atoms with van der Waals surface area (Å²) in [5.41, 5.74) is 0.451. The lowest BCUT2D eigenvalue weighted by molar-refractivity contribution is 0.327. The smallest absolute Gasteiger partial charge is 0.159 e. The molecule has 39 heavy (non-hydrogen) atoms. The molecule has 0 unspecified atom stereocenters. The normalized spacial score (nSPS) is 20.5. The minimum atomic E-state index is -0.0156. The Hall–Kier alpha value is -1.60. The van der Waals surface area contributed by atoms with Gasteiger partial charge < -0.3 is 0 Å². The molecule has 226 valence electrons. The van der Waals surface area contributed by atoms with E-state index in [1.165, 1.54) is 38.5 Å². The van der Waals surface area contributed by atoms with E-state index in [0.29, 0.717) is 5.41 Å². The Morgan fingerprint density at radius 2 is 0.769 bits per heavy atom. The van der Waals surface area contributed by atoms with Gasteiger partial charge in [0.1, 0.15) is 0 Å². The van der Waals surface area contributed by atoms with Gasteiger partial charge in [-0.1, -0.05) is 81.6 Å². The van der Waals surface area contributed by atoms with Crippen molar-refractivity contribution in [1.29, 1.82) is 0 Å². The number of unbranched alkanes of at least 4 members (excludes halogenated alkanes) is 1. The van der Waals surface area contributed by atoms with Gasteiger partial charge in [0, 0.05) is 6.42 Å². The standard InChI is InChI=1S/C9H18N2.C8H16N2.2C7H14N2/c1-8(2)6-4-5-7-9(3)10-11-9;1-7(2)5-4-6-8(3)9-10-8;1-6(2,3)5-7(4)8-9-7;1-6(2)4-5-7(3)8-9-7/h8H,4-7H2,1-3H3;7H,4-6H2,1-3H3;5H2,1-4H3;6H,4-5H2,1-3H3. The fourth-order valence-electron chi connectivity index (χ4n) is 4.14. The molecule has 0 atom stereocenters. The molecular weight excluding hydrogens is 484 g/mol. The summed E-state index contributed by atoms with van der Waals surface area (Å²) in [6, 6.07) is 0. The molecule has 8 heteroatoms. The second-order valence-electron chi connectivity index (χ2n) is 15.3. The highest BCUT2D eigenvalue weighted by atomic mass is 15.4. The predicted octanol–water partition coefficient (Wildman–Crippen LogP) is 11.6. The SMILES string of the molecule is CC(C)(C)CC1(C)N=N1.CC(C)CCC1(C)N=N1.CC(C)CCCC1(C)N=N1.CC(C)CCCCC1(C)N=N1. The van der Waals surface area contributed by atoms with Gasteiger partial charge in [-0.05, 0) is 89.4 Å². The maximum absolute atomic E-state index is 3.98. The van der Waals surface area contributed by atoms with Gasteiger partial charge in [0.05, 0.1) is 0 Å². The quantitative estimate of drug-likeness (QED) is 0.205. The van der Waals surface area contributed by atoms with E-state index in [1.54, 1.807) is 0 Å². The largest absolute Gasteiger partial charge is 0.188 e. The summed E-state index contributed by atoms with van der Waals surface area (Å²) in [5.74, 6) is 2.45. The highest BCUT2D eigenvalue weighted by Crippen LogP contribution is 2.39. The van der Waals surface area contributed by atoms with Crippen molar-refractivity contribution in [2.24, 2.45) is 64.1 Å². The molecule has 4 aliphatic rings. The molecule has 0 aromatic carbocycles. The van der Waals surface area contributed by atoms with Crippen LogP contribution in [0.3, 0.4) is 0 Å². The van der Waals surface area contributed by atoms with E-state index in [0.717, 1.165) is 43.4 Å². The Morgan fingerprint density at radius 3 is 1.08 bits per heavy atom. The average molecular weight is 547 g/mol. The molecule has 4 heterocycles. The van der Waals surface area contributed by atoms with Gasteiger partial charge in [-0.15, -0.1) is 0 Å². The van der Waals surface area contributed by atoms with Crippen molar-refractivity contribution in [1.82, 2.24) is 0 Å².